The first-order valence-corrected chi connectivity index (χ1v) is 8.42. The van der Waals surface area contributed by atoms with Crippen LogP contribution in [0.4, 0.5) is 0 Å². The molecule has 1 unspecified atom stereocenters. The Hall–Kier alpha value is -0.690. The first kappa shape index (κ1) is 15.7. The molecule has 20 heavy (non-hydrogen) atoms. The third kappa shape index (κ3) is 4.15. The Balaban J connectivity index is 2.05. The largest absolute Gasteiger partial charge is 0.392 e. The van der Waals surface area contributed by atoms with Crippen molar-refractivity contribution in [2.75, 3.05) is 0 Å². The van der Waals surface area contributed by atoms with Gasteiger partial charge in [0, 0.05) is 9.13 Å². The van der Waals surface area contributed by atoms with Gasteiger partial charge in [0.05, 0.1) is 11.0 Å². The van der Waals surface area contributed by atoms with Crippen molar-refractivity contribution in [2.45, 2.75) is 38.1 Å². The summed E-state index contributed by atoms with van der Waals surface area (Å²) >= 11 is 7.37. The molecule has 1 atom stereocenters. The molecule has 2 rings (SSSR count). The van der Waals surface area contributed by atoms with Gasteiger partial charge in [-0.3, -0.25) is 4.79 Å². The topological polar surface area (TPSA) is 55.1 Å². The summed E-state index contributed by atoms with van der Waals surface area (Å²) in [6.07, 6.45) is 5.85. The van der Waals surface area contributed by atoms with E-state index in [1.807, 2.05) is 24.3 Å². The number of thiocarbonyl (C=S) groups is 1. The van der Waals surface area contributed by atoms with Crippen molar-refractivity contribution < 1.29 is 4.79 Å². The molecule has 1 amide bonds. The number of nitrogens with one attached hydrogen (secondary N) is 1. The Bertz CT molecular complexity index is 483. The number of benzene rings is 1. The normalized spacial score (nSPS) is 17.4. The molecule has 0 aromatic heterocycles. The van der Waals surface area contributed by atoms with E-state index >= 15 is 0 Å². The number of carbonyl (C=O) groups excluding carboxylic acids is 1. The summed E-state index contributed by atoms with van der Waals surface area (Å²) in [5, 5.41) is 3.01. The maximum atomic E-state index is 12.3. The van der Waals surface area contributed by atoms with Crippen molar-refractivity contribution in [3.05, 3.63) is 33.4 Å². The van der Waals surface area contributed by atoms with Gasteiger partial charge in [0.25, 0.3) is 5.91 Å². The third-order valence-corrected chi connectivity index (χ3v) is 4.79. The van der Waals surface area contributed by atoms with Gasteiger partial charge in [-0.1, -0.05) is 31.5 Å². The van der Waals surface area contributed by atoms with Crippen LogP contribution in [-0.4, -0.2) is 16.9 Å². The minimum atomic E-state index is -0.183. The van der Waals surface area contributed by atoms with Crippen LogP contribution < -0.4 is 11.1 Å². The highest BCUT2D eigenvalue weighted by atomic mass is 127. The van der Waals surface area contributed by atoms with Crippen molar-refractivity contribution in [3.8, 4) is 0 Å². The zero-order chi connectivity index (χ0) is 14.5. The summed E-state index contributed by atoms with van der Waals surface area (Å²) in [6.45, 7) is 0. The average molecular weight is 402 g/mol. The molecule has 1 aromatic carbocycles. The van der Waals surface area contributed by atoms with E-state index in [0.717, 1.165) is 16.4 Å². The van der Waals surface area contributed by atoms with Crippen molar-refractivity contribution in [1.82, 2.24) is 5.32 Å². The molecule has 1 saturated carbocycles. The molecule has 0 saturated heterocycles. The van der Waals surface area contributed by atoms with Gasteiger partial charge in [-0.25, -0.2) is 0 Å². The van der Waals surface area contributed by atoms with Gasteiger partial charge < -0.3 is 11.1 Å². The highest BCUT2D eigenvalue weighted by Crippen LogP contribution is 2.26. The van der Waals surface area contributed by atoms with Crippen molar-refractivity contribution >= 4 is 45.7 Å². The summed E-state index contributed by atoms with van der Waals surface area (Å²) in [6, 6.07) is 7.32. The third-order valence-electron chi connectivity index (χ3n) is 3.82. The number of nitrogens with two attached hydrogens (primary N) is 1. The molecule has 0 radical (unpaired) electrons. The fraction of sp³-hybridized carbons (Fsp3) is 0.467. The molecular formula is C15H19IN2OS. The van der Waals surface area contributed by atoms with Crippen LogP contribution in [0, 0.1) is 9.49 Å². The second kappa shape index (κ2) is 7.36. The summed E-state index contributed by atoms with van der Waals surface area (Å²) in [7, 11) is 0. The first-order valence-electron chi connectivity index (χ1n) is 6.93. The molecule has 1 fully saturated rings. The lowest BCUT2D eigenvalue weighted by atomic mass is 9.83. The van der Waals surface area contributed by atoms with E-state index in [0.29, 0.717) is 16.5 Å². The van der Waals surface area contributed by atoms with Gasteiger partial charge in [-0.2, -0.15) is 0 Å². The minimum Gasteiger partial charge on any atom is -0.392 e. The van der Waals surface area contributed by atoms with Crippen molar-refractivity contribution in [1.29, 1.82) is 0 Å². The van der Waals surface area contributed by atoms with Crippen LogP contribution in [0.2, 0.25) is 0 Å². The van der Waals surface area contributed by atoms with Gasteiger partial charge in [0.2, 0.25) is 0 Å². The van der Waals surface area contributed by atoms with E-state index < -0.39 is 0 Å². The fourth-order valence-electron chi connectivity index (χ4n) is 2.71. The molecule has 108 valence electrons. The summed E-state index contributed by atoms with van der Waals surface area (Å²) in [5.74, 6) is 0.291. The molecule has 0 bridgehead atoms. The summed E-state index contributed by atoms with van der Waals surface area (Å²) in [4.78, 5) is 12.7. The zero-order valence-electron chi connectivity index (χ0n) is 11.3. The highest BCUT2D eigenvalue weighted by molar-refractivity contribution is 14.1. The van der Waals surface area contributed by atoms with E-state index in [-0.39, 0.29) is 11.9 Å². The van der Waals surface area contributed by atoms with Crippen LogP contribution in [0.5, 0.6) is 0 Å². The van der Waals surface area contributed by atoms with Gasteiger partial charge in [0.1, 0.15) is 0 Å². The Kier molecular flexibility index (Phi) is 5.77. The predicted molar refractivity (Wildman–Crippen MR) is 93.8 cm³/mol. The fourth-order valence-corrected chi connectivity index (χ4v) is 3.33. The van der Waals surface area contributed by atoms with Crippen molar-refractivity contribution in [3.63, 3.8) is 0 Å². The van der Waals surface area contributed by atoms with E-state index in [9.17, 15) is 4.79 Å². The first-order chi connectivity index (χ1) is 9.58. The highest BCUT2D eigenvalue weighted by Gasteiger charge is 2.27. The second-order valence-corrected chi connectivity index (χ2v) is 6.98. The van der Waals surface area contributed by atoms with Gasteiger partial charge in [0.15, 0.2) is 0 Å². The molecule has 1 aliphatic rings. The second-order valence-electron chi connectivity index (χ2n) is 5.26. The molecule has 3 N–H and O–H groups in total. The van der Waals surface area contributed by atoms with Crippen LogP contribution in [0.3, 0.4) is 0 Å². The Labute approximate surface area is 138 Å². The summed E-state index contributed by atoms with van der Waals surface area (Å²) in [5.41, 5.74) is 6.49. The van der Waals surface area contributed by atoms with E-state index in [4.69, 9.17) is 18.0 Å². The van der Waals surface area contributed by atoms with E-state index in [1.165, 1.54) is 19.3 Å². The van der Waals surface area contributed by atoms with Crippen LogP contribution in [0.1, 0.15) is 42.5 Å². The Morgan fingerprint density at radius 1 is 1.25 bits per heavy atom. The lowest BCUT2D eigenvalue weighted by Gasteiger charge is -2.30. The zero-order valence-corrected chi connectivity index (χ0v) is 14.2. The van der Waals surface area contributed by atoms with E-state index in [2.05, 4.69) is 27.9 Å². The number of hydrogen-bond donors (Lipinski definition) is 2. The molecule has 1 aliphatic carbocycles. The number of halogens is 1. The standard InChI is InChI=1S/C15H19IN2OS/c16-12-8-6-11(7-9-12)15(19)18-13(14(17)20)10-4-2-1-3-5-10/h6-10,13H,1-5H2,(H2,17,20)(H,18,19). The lowest BCUT2D eigenvalue weighted by molar-refractivity contribution is 0.0932. The van der Waals surface area contributed by atoms with Crippen molar-refractivity contribution in [2.24, 2.45) is 11.7 Å². The number of rotatable bonds is 4. The maximum Gasteiger partial charge on any atom is 0.251 e. The monoisotopic (exact) mass is 402 g/mol. The molecule has 1 aromatic rings. The Morgan fingerprint density at radius 3 is 2.40 bits per heavy atom. The molecule has 0 spiro atoms. The molecule has 3 nitrogen and oxygen atoms in total. The van der Waals surface area contributed by atoms with Gasteiger partial charge in [-0.05, 0) is 65.6 Å². The maximum absolute atomic E-state index is 12.3. The van der Waals surface area contributed by atoms with Crippen LogP contribution in [0.25, 0.3) is 0 Å². The SMILES string of the molecule is NC(=S)C(NC(=O)c1ccc(I)cc1)C1CCCCC1. The summed E-state index contributed by atoms with van der Waals surface area (Å²) < 4.78 is 1.11. The molecule has 0 heterocycles. The van der Waals surface area contributed by atoms with Crippen LogP contribution >= 0.6 is 34.8 Å². The van der Waals surface area contributed by atoms with Gasteiger partial charge in [-0.15, -0.1) is 0 Å². The predicted octanol–water partition coefficient (Wildman–Crippen LogP) is 3.26. The lowest BCUT2D eigenvalue weighted by Crippen LogP contribution is -2.48. The molecule has 0 aliphatic heterocycles. The smallest absolute Gasteiger partial charge is 0.251 e. The number of carbonyl (C=O) groups is 1. The number of hydrogen-bond acceptors (Lipinski definition) is 2. The molecule has 5 heteroatoms. The Morgan fingerprint density at radius 2 is 1.85 bits per heavy atom. The van der Waals surface area contributed by atoms with Crippen LogP contribution in [-0.2, 0) is 0 Å². The number of amides is 1. The quantitative estimate of drug-likeness (QED) is 0.601. The van der Waals surface area contributed by atoms with Gasteiger partial charge >= 0.3 is 0 Å². The minimum absolute atomic E-state index is 0.0928. The molecular weight excluding hydrogens is 383 g/mol. The van der Waals surface area contributed by atoms with Crippen LogP contribution in [0.15, 0.2) is 24.3 Å². The van der Waals surface area contributed by atoms with E-state index in [1.54, 1.807) is 0 Å². The average Bonchev–Trinajstić information content (AvgIpc) is 2.46.